The number of hydrogen-bond acceptors (Lipinski definition) is 7. The van der Waals surface area contributed by atoms with E-state index in [0.29, 0.717) is 12.6 Å². The van der Waals surface area contributed by atoms with Gasteiger partial charge in [0.15, 0.2) is 11.4 Å². The Morgan fingerprint density at radius 3 is 2.57 bits per heavy atom. The van der Waals surface area contributed by atoms with E-state index >= 15 is 4.39 Å². The van der Waals surface area contributed by atoms with Crippen LogP contribution in [-0.2, 0) is 6.18 Å². The number of β-amino-alcohol motifs (C(OH)–C–C–N with tert-alkyl or cyclic N) is 1. The number of rotatable bonds is 3. The normalized spacial score (nSPS) is 23.9. The molecule has 2 N–H and O–H groups in total. The molecular formula is C30H30F8N6O2. The van der Waals surface area contributed by atoms with Gasteiger partial charge in [0.1, 0.15) is 23.2 Å². The lowest BCUT2D eigenvalue weighted by Gasteiger charge is -2.40. The molecule has 248 valence electrons. The molecular weight excluding hydrogens is 628 g/mol. The van der Waals surface area contributed by atoms with Crippen LogP contribution in [0.5, 0.6) is 6.01 Å². The average Bonchev–Trinajstić information content (AvgIpc) is 3.71. The zero-order chi connectivity index (χ0) is 33.0. The number of aromatic amines is 1. The summed E-state index contributed by atoms with van der Waals surface area (Å²) in [7, 11) is 1.17. The van der Waals surface area contributed by atoms with Crippen LogP contribution < -0.4 is 9.64 Å². The number of aliphatic hydroxyl groups is 1. The van der Waals surface area contributed by atoms with Gasteiger partial charge in [0, 0.05) is 48.0 Å². The summed E-state index contributed by atoms with van der Waals surface area (Å²) in [6.07, 6.45) is -5.12. The predicted molar refractivity (Wildman–Crippen MR) is 153 cm³/mol. The third-order valence-corrected chi connectivity index (χ3v) is 8.85. The summed E-state index contributed by atoms with van der Waals surface area (Å²) in [5, 5.41) is 9.84. The highest BCUT2D eigenvalue weighted by Crippen LogP contribution is 2.43. The fraction of sp³-hybridized carbons (Fsp3) is 0.500. The van der Waals surface area contributed by atoms with Crippen molar-refractivity contribution in [1.82, 2.24) is 24.8 Å². The molecule has 3 saturated heterocycles. The standard InChI is InChI=1S/C23H18F7N5O2.C7H12FN/c1-37-20-33-18-12(19(34-20)35-7-3-6-21(36,10-35)23(28,29)30)9-32-17(16(18)24)11-8-31-14-5-2-4-13(15(11)14)22(25,26)27;8-6-4-7-2-1-3-9(7)5-6/h2,4-5,8-9,31,36H,3,6-7,10H2,1H3;6-7H,1-5H2. The number of nitrogens with zero attached hydrogens (tertiary/aromatic N) is 5. The number of benzene rings is 1. The Bertz CT molecular complexity index is 1730. The number of alkyl halides is 7. The van der Waals surface area contributed by atoms with Gasteiger partial charge in [-0.2, -0.15) is 36.3 Å². The topological polar surface area (TPSA) is 90.4 Å². The van der Waals surface area contributed by atoms with Crippen molar-refractivity contribution in [3.63, 3.8) is 0 Å². The van der Waals surface area contributed by atoms with Crippen molar-refractivity contribution >= 4 is 27.6 Å². The number of anilines is 1. The van der Waals surface area contributed by atoms with Gasteiger partial charge in [0.2, 0.25) is 0 Å². The molecule has 0 amide bonds. The van der Waals surface area contributed by atoms with Gasteiger partial charge < -0.3 is 19.7 Å². The molecule has 3 unspecified atom stereocenters. The second-order valence-corrected chi connectivity index (χ2v) is 11.8. The summed E-state index contributed by atoms with van der Waals surface area (Å²) in [5.41, 5.74) is -4.94. The van der Waals surface area contributed by atoms with E-state index in [1.807, 2.05) is 0 Å². The van der Waals surface area contributed by atoms with Gasteiger partial charge >= 0.3 is 18.4 Å². The first-order valence-electron chi connectivity index (χ1n) is 14.7. The van der Waals surface area contributed by atoms with Gasteiger partial charge in [-0.25, -0.2) is 8.78 Å². The zero-order valence-electron chi connectivity index (χ0n) is 24.5. The molecule has 8 nitrogen and oxygen atoms in total. The molecule has 7 rings (SSSR count). The third kappa shape index (κ3) is 5.80. The SMILES string of the molecule is COc1nc(N2CCCC(O)(C(F)(F)F)C2)c2cnc(-c3c[nH]c4cccc(C(F)(F)F)c34)c(F)c2n1.FC1CC2CCCN2C1. The Hall–Kier alpha value is -3.79. The maximum Gasteiger partial charge on any atom is 0.418 e. The van der Waals surface area contributed by atoms with E-state index in [2.05, 4.69) is 24.8 Å². The number of H-pyrrole nitrogens is 1. The maximum absolute atomic E-state index is 15.8. The first kappa shape index (κ1) is 32.2. The zero-order valence-corrected chi connectivity index (χ0v) is 24.5. The molecule has 3 aliphatic rings. The summed E-state index contributed by atoms with van der Waals surface area (Å²) in [5.74, 6) is -1.27. The minimum Gasteiger partial charge on any atom is -0.467 e. The van der Waals surface area contributed by atoms with E-state index in [0.717, 1.165) is 30.1 Å². The molecule has 0 aliphatic carbocycles. The summed E-state index contributed by atoms with van der Waals surface area (Å²) < 4.78 is 115. The Labute approximate surface area is 257 Å². The smallest absolute Gasteiger partial charge is 0.418 e. The van der Waals surface area contributed by atoms with Crippen molar-refractivity contribution in [1.29, 1.82) is 0 Å². The van der Waals surface area contributed by atoms with Crippen molar-refractivity contribution in [2.24, 2.45) is 0 Å². The van der Waals surface area contributed by atoms with Crippen LogP contribution in [0.1, 0.15) is 37.7 Å². The quantitative estimate of drug-likeness (QED) is 0.246. The van der Waals surface area contributed by atoms with Crippen molar-refractivity contribution in [3.8, 4) is 17.3 Å². The van der Waals surface area contributed by atoms with E-state index in [1.54, 1.807) is 0 Å². The van der Waals surface area contributed by atoms with Gasteiger partial charge in [0.25, 0.3) is 0 Å². The molecule has 1 aromatic carbocycles. The second kappa shape index (κ2) is 11.8. The molecule has 3 atom stereocenters. The molecule has 0 saturated carbocycles. The van der Waals surface area contributed by atoms with Crippen molar-refractivity contribution in [2.75, 3.05) is 38.2 Å². The Morgan fingerprint density at radius 2 is 1.87 bits per heavy atom. The lowest BCUT2D eigenvalue weighted by molar-refractivity contribution is -0.261. The third-order valence-electron chi connectivity index (χ3n) is 8.85. The minimum atomic E-state index is -4.92. The Balaban J connectivity index is 0.000000352. The van der Waals surface area contributed by atoms with E-state index < -0.39 is 59.7 Å². The van der Waals surface area contributed by atoms with Crippen LogP contribution in [-0.4, -0.2) is 87.2 Å². The monoisotopic (exact) mass is 658 g/mol. The van der Waals surface area contributed by atoms with Gasteiger partial charge in [-0.3, -0.25) is 9.88 Å². The van der Waals surface area contributed by atoms with Crippen LogP contribution in [0.25, 0.3) is 33.1 Å². The van der Waals surface area contributed by atoms with Crippen LogP contribution in [0.15, 0.2) is 30.6 Å². The number of methoxy groups -OCH3 is 1. The number of ether oxygens (including phenoxy) is 1. The van der Waals surface area contributed by atoms with Crippen molar-refractivity contribution in [3.05, 3.63) is 42.0 Å². The van der Waals surface area contributed by atoms with Crippen LogP contribution in [0, 0.1) is 5.82 Å². The molecule has 16 heteroatoms. The van der Waals surface area contributed by atoms with Gasteiger partial charge in [0.05, 0.1) is 24.6 Å². The predicted octanol–water partition coefficient (Wildman–Crippen LogP) is 6.43. The fourth-order valence-corrected chi connectivity index (χ4v) is 6.62. The molecule has 46 heavy (non-hydrogen) atoms. The Kier molecular flexibility index (Phi) is 8.24. The van der Waals surface area contributed by atoms with E-state index in [4.69, 9.17) is 4.74 Å². The molecule has 0 bridgehead atoms. The highest BCUT2D eigenvalue weighted by Gasteiger charge is 2.55. The lowest BCUT2D eigenvalue weighted by Crippen LogP contribution is -2.57. The summed E-state index contributed by atoms with van der Waals surface area (Å²) in [6, 6.07) is 3.70. The first-order valence-corrected chi connectivity index (χ1v) is 14.7. The molecule has 3 aliphatic heterocycles. The molecule has 0 spiro atoms. The van der Waals surface area contributed by atoms with Crippen LogP contribution in [0.2, 0.25) is 0 Å². The molecule has 3 fully saturated rings. The minimum absolute atomic E-state index is 0.0344. The number of fused-ring (bicyclic) bond motifs is 3. The van der Waals surface area contributed by atoms with Gasteiger partial charge in [-0.15, -0.1) is 0 Å². The van der Waals surface area contributed by atoms with Crippen LogP contribution in [0.3, 0.4) is 0 Å². The van der Waals surface area contributed by atoms with Crippen molar-refractivity contribution < 1.29 is 45.0 Å². The highest BCUT2D eigenvalue weighted by atomic mass is 19.4. The summed E-state index contributed by atoms with van der Waals surface area (Å²) >= 11 is 0. The van der Waals surface area contributed by atoms with Crippen LogP contribution in [0.4, 0.5) is 40.9 Å². The molecule has 0 radical (unpaired) electrons. The number of halogens is 8. The fourth-order valence-electron chi connectivity index (χ4n) is 6.62. The number of nitrogens with one attached hydrogen (secondary N) is 1. The number of pyridine rings is 1. The Morgan fingerprint density at radius 1 is 1.09 bits per heavy atom. The second-order valence-electron chi connectivity index (χ2n) is 11.8. The molecule has 6 heterocycles. The highest BCUT2D eigenvalue weighted by molar-refractivity contribution is 6.00. The average molecular weight is 659 g/mol. The number of hydrogen-bond donors (Lipinski definition) is 2. The maximum atomic E-state index is 15.8. The number of piperidine rings is 1. The van der Waals surface area contributed by atoms with E-state index in [9.17, 15) is 35.8 Å². The van der Waals surface area contributed by atoms with E-state index in [-0.39, 0.29) is 46.6 Å². The number of aromatic nitrogens is 4. The summed E-state index contributed by atoms with van der Waals surface area (Å²) in [4.78, 5) is 18.2. The largest absolute Gasteiger partial charge is 0.467 e. The van der Waals surface area contributed by atoms with E-state index in [1.165, 1.54) is 38.3 Å². The van der Waals surface area contributed by atoms with Crippen LogP contribution >= 0.6 is 0 Å². The van der Waals surface area contributed by atoms with Gasteiger partial charge in [-0.05, 0) is 50.8 Å². The molecule has 3 aromatic heterocycles. The summed E-state index contributed by atoms with van der Waals surface area (Å²) in [6.45, 7) is 1.05. The van der Waals surface area contributed by atoms with Gasteiger partial charge in [-0.1, -0.05) is 6.07 Å². The lowest BCUT2D eigenvalue weighted by atomic mass is 9.92. The molecule has 4 aromatic rings. The van der Waals surface area contributed by atoms with Crippen molar-refractivity contribution in [2.45, 2.75) is 62.3 Å². The first-order chi connectivity index (χ1) is 21.7.